The molecular formula is C22H27NO5. The molecule has 0 atom stereocenters. The van der Waals surface area contributed by atoms with Gasteiger partial charge in [-0.15, -0.1) is 0 Å². The zero-order valence-electron chi connectivity index (χ0n) is 16.7. The summed E-state index contributed by atoms with van der Waals surface area (Å²) in [5, 5.41) is 0. The molecule has 0 aliphatic carbocycles. The predicted molar refractivity (Wildman–Crippen MR) is 106 cm³/mol. The number of rotatable bonds is 6. The number of hydrogen-bond donors (Lipinski definition) is 0. The molecule has 1 heterocycles. The van der Waals surface area contributed by atoms with Crippen LogP contribution in [0.5, 0.6) is 0 Å². The largest absolute Gasteiger partial charge is 0.469 e. The van der Waals surface area contributed by atoms with Gasteiger partial charge in [-0.2, -0.15) is 0 Å². The van der Waals surface area contributed by atoms with Gasteiger partial charge in [0.15, 0.2) is 5.78 Å². The molecule has 1 fully saturated rings. The molecule has 0 N–H and O–H groups in total. The summed E-state index contributed by atoms with van der Waals surface area (Å²) in [6, 6.07) is 8.82. The number of Topliss-reactive ketones (excluding diaryl/α,β-unsaturated/α-hetero) is 1. The van der Waals surface area contributed by atoms with E-state index in [0.717, 1.165) is 31.5 Å². The van der Waals surface area contributed by atoms with Crippen LogP contribution < -0.4 is 0 Å². The Hall–Kier alpha value is -2.89. The highest BCUT2D eigenvalue weighted by atomic mass is 16.5. The van der Waals surface area contributed by atoms with Crippen LogP contribution in [0.3, 0.4) is 0 Å². The Morgan fingerprint density at radius 1 is 1.04 bits per heavy atom. The number of carbonyl (C=O) groups excluding carboxylic acids is 3. The van der Waals surface area contributed by atoms with Crippen molar-refractivity contribution in [1.29, 1.82) is 0 Å². The summed E-state index contributed by atoms with van der Waals surface area (Å²) >= 11 is 0. The lowest BCUT2D eigenvalue weighted by Gasteiger charge is -2.24. The van der Waals surface area contributed by atoms with E-state index in [9.17, 15) is 14.4 Å². The summed E-state index contributed by atoms with van der Waals surface area (Å²) in [7, 11) is 4.47. The number of hydrogen-bond acceptors (Lipinski definition) is 6. The lowest BCUT2D eigenvalue weighted by Crippen LogP contribution is -2.25. The van der Waals surface area contributed by atoms with Crippen LogP contribution in [0, 0.1) is 0 Å². The molecule has 1 aromatic rings. The van der Waals surface area contributed by atoms with Gasteiger partial charge in [0.25, 0.3) is 0 Å². The first-order valence-electron chi connectivity index (χ1n) is 9.39. The summed E-state index contributed by atoms with van der Waals surface area (Å²) in [5.74, 6) is -1.40. The van der Waals surface area contributed by atoms with Gasteiger partial charge in [0, 0.05) is 24.9 Å². The SMILES string of the molecule is COC(=O)C/C=C(C(=O)OC)/C(C(=O)c1ccccc1)=C1\CCCCCN1C. The molecule has 0 unspecified atom stereocenters. The molecule has 1 saturated heterocycles. The van der Waals surface area contributed by atoms with Crippen molar-refractivity contribution in [3.05, 3.63) is 58.8 Å². The Bertz CT molecular complexity index is 779. The van der Waals surface area contributed by atoms with Gasteiger partial charge < -0.3 is 14.4 Å². The monoisotopic (exact) mass is 385 g/mol. The van der Waals surface area contributed by atoms with Crippen molar-refractivity contribution >= 4 is 17.7 Å². The van der Waals surface area contributed by atoms with Crippen molar-refractivity contribution in [1.82, 2.24) is 4.90 Å². The lowest BCUT2D eigenvalue weighted by molar-refractivity contribution is -0.139. The number of allylic oxidation sites excluding steroid dienone is 1. The fraction of sp³-hybridized carbons (Fsp3) is 0.409. The maximum atomic E-state index is 13.4. The molecular weight excluding hydrogens is 358 g/mol. The molecule has 0 spiro atoms. The summed E-state index contributed by atoms with van der Waals surface area (Å²) in [6.45, 7) is 0.798. The van der Waals surface area contributed by atoms with E-state index < -0.39 is 11.9 Å². The maximum absolute atomic E-state index is 13.4. The number of carbonyl (C=O) groups is 3. The Balaban J connectivity index is 2.65. The van der Waals surface area contributed by atoms with Crippen molar-refractivity contribution in [2.75, 3.05) is 27.8 Å². The average Bonchev–Trinajstić information content (AvgIpc) is 2.94. The van der Waals surface area contributed by atoms with E-state index in [4.69, 9.17) is 4.74 Å². The number of ketones is 1. The number of likely N-dealkylation sites (tertiary alicyclic amines) is 1. The number of benzene rings is 1. The van der Waals surface area contributed by atoms with Crippen LogP contribution in [-0.2, 0) is 19.1 Å². The molecule has 2 rings (SSSR count). The van der Waals surface area contributed by atoms with Crippen molar-refractivity contribution in [2.24, 2.45) is 0 Å². The molecule has 150 valence electrons. The molecule has 0 radical (unpaired) electrons. The van der Waals surface area contributed by atoms with Gasteiger partial charge in [0.2, 0.25) is 0 Å². The van der Waals surface area contributed by atoms with Crippen LogP contribution in [0.25, 0.3) is 0 Å². The van der Waals surface area contributed by atoms with Crippen LogP contribution in [0.1, 0.15) is 42.5 Å². The van der Waals surface area contributed by atoms with Gasteiger partial charge in [0.05, 0.1) is 31.8 Å². The smallest absolute Gasteiger partial charge is 0.338 e. The first-order chi connectivity index (χ1) is 13.5. The number of methoxy groups -OCH3 is 2. The Kier molecular flexibility index (Phi) is 7.99. The lowest BCUT2D eigenvalue weighted by atomic mass is 9.92. The van der Waals surface area contributed by atoms with E-state index in [1.807, 2.05) is 18.0 Å². The first-order valence-corrected chi connectivity index (χ1v) is 9.39. The molecule has 0 bridgehead atoms. The normalized spacial score (nSPS) is 16.8. The average molecular weight is 385 g/mol. The van der Waals surface area contributed by atoms with Crippen LogP contribution >= 0.6 is 0 Å². The van der Waals surface area contributed by atoms with Crippen LogP contribution in [0.2, 0.25) is 0 Å². The third kappa shape index (κ3) is 5.31. The molecule has 0 saturated carbocycles. The summed E-state index contributed by atoms with van der Waals surface area (Å²) in [4.78, 5) is 39.7. The Morgan fingerprint density at radius 2 is 1.75 bits per heavy atom. The van der Waals surface area contributed by atoms with E-state index in [2.05, 4.69) is 4.74 Å². The van der Waals surface area contributed by atoms with E-state index in [1.165, 1.54) is 20.3 Å². The molecule has 6 nitrogen and oxygen atoms in total. The molecule has 1 aliphatic rings. The topological polar surface area (TPSA) is 72.9 Å². The third-order valence-corrected chi connectivity index (χ3v) is 4.79. The van der Waals surface area contributed by atoms with Gasteiger partial charge in [-0.3, -0.25) is 9.59 Å². The van der Waals surface area contributed by atoms with Gasteiger partial charge in [-0.05, 0) is 19.3 Å². The molecule has 28 heavy (non-hydrogen) atoms. The molecule has 1 aliphatic heterocycles. The van der Waals surface area contributed by atoms with Crippen molar-refractivity contribution in [3.8, 4) is 0 Å². The standard InChI is InChI=1S/C22H27NO5/c1-23-15-9-5-8-12-18(23)20(21(25)16-10-6-4-7-11-16)17(22(26)28-3)13-14-19(24)27-2/h4,6-7,10-11,13H,5,8-9,12,14-15H2,1-3H3/b17-13-,20-18-. The quantitative estimate of drug-likeness (QED) is 0.425. The van der Waals surface area contributed by atoms with E-state index in [1.54, 1.807) is 24.3 Å². The van der Waals surface area contributed by atoms with Crippen LogP contribution in [0.15, 0.2) is 53.3 Å². The van der Waals surface area contributed by atoms with E-state index >= 15 is 0 Å². The van der Waals surface area contributed by atoms with Crippen molar-refractivity contribution in [3.63, 3.8) is 0 Å². The fourth-order valence-electron chi connectivity index (χ4n) is 3.27. The van der Waals surface area contributed by atoms with Gasteiger partial charge in [0.1, 0.15) is 0 Å². The Morgan fingerprint density at radius 3 is 2.39 bits per heavy atom. The van der Waals surface area contributed by atoms with E-state index in [0.29, 0.717) is 17.6 Å². The Labute approximate surface area is 165 Å². The summed E-state index contributed by atoms with van der Waals surface area (Å²) in [6.07, 6.45) is 4.99. The molecule has 0 amide bonds. The predicted octanol–water partition coefficient (Wildman–Crippen LogP) is 3.29. The van der Waals surface area contributed by atoms with Crippen LogP contribution in [-0.4, -0.2) is 50.4 Å². The van der Waals surface area contributed by atoms with Crippen LogP contribution in [0.4, 0.5) is 0 Å². The maximum Gasteiger partial charge on any atom is 0.338 e. The minimum atomic E-state index is -0.645. The fourth-order valence-corrected chi connectivity index (χ4v) is 3.27. The molecule has 1 aromatic carbocycles. The van der Waals surface area contributed by atoms with Crippen molar-refractivity contribution in [2.45, 2.75) is 32.1 Å². The summed E-state index contributed by atoms with van der Waals surface area (Å²) in [5.41, 5.74) is 1.68. The zero-order chi connectivity index (χ0) is 20.5. The highest BCUT2D eigenvalue weighted by molar-refractivity contribution is 6.18. The number of ether oxygens (including phenoxy) is 2. The zero-order valence-corrected chi connectivity index (χ0v) is 16.7. The molecule has 6 heteroatoms. The molecule has 0 aromatic heterocycles. The highest BCUT2D eigenvalue weighted by Gasteiger charge is 2.28. The second-order valence-corrected chi connectivity index (χ2v) is 6.64. The second-order valence-electron chi connectivity index (χ2n) is 6.64. The van der Waals surface area contributed by atoms with E-state index in [-0.39, 0.29) is 17.8 Å². The highest BCUT2D eigenvalue weighted by Crippen LogP contribution is 2.29. The minimum absolute atomic E-state index is 0.102. The number of esters is 2. The van der Waals surface area contributed by atoms with Crippen molar-refractivity contribution < 1.29 is 23.9 Å². The van der Waals surface area contributed by atoms with Gasteiger partial charge in [-0.25, -0.2) is 4.79 Å². The van der Waals surface area contributed by atoms with Gasteiger partial charge in [-0.1, -0.05) is 42.8 Å². The third-order valence-electron chi connectivity index (χ3n) is 4.79. The first kappa shape index (κ1) is 21.4. The van der Waals surface area contributed by atoms with Gasteiger partial charge >= 0.3 is 11.9 Å². The summed E-state index contributed by atoms with van der Waals surface area (Å²) < 4.78 is 9.62. The minimum Gasteiger partial charge on any atom is -0.469 e. The number of nitrogens with zero attached hydrogens (tertiary/aromatic N) is 1. The second kappa shape index (κ2) is 10.4.